The summed E-state index contributed by atoms with van der Waals surface area (Å²) in [6, 6.07) is -1.01. The molecule has 2 amide bonds. The Labute approximate surface area is 185 Å². The zero-order valence-electron chi connectivity index (χ0n) is 19.5. The van der Waals surface area contributed by atoms with Gasteiger partial charge >= 0.3 is 13.6 Å². The number of likely N-dealkylation sites (tertiary alicyclic amines) is 1. The second kappa shape index (κ2) is 13.0. The second-order valence-corrected chi connectivity index (χ2v) is 10.1. The van der Waals surface area contributed by atoms with E-state index in [-0.39, 0.29) is 36.8 Å². The first-order valence-corrected chi connectivity index (χ1v) is 12.5. The van der Waals surface area contributed by atoms with Gasteiger partial charge in [-0.1, -0.05) is 11.6 Å². The van der Waals surface area contributed by atoms with E-state index in [2.05, 4.69) is 5.32 Å². The van der Waals surface area contributed by atoms with E-state index in [1.807, 2.05) is 0 Å². The Morgan fingerprint density at radius 2 is 1.68 bits per heavy atom. The molecule has 1 rings (SSSR count). The van der Waals surface area contributed by atoms with Crippen molar-refractivity contribution in [2.45, 2.75) is 72.6 Å². The number of ether oxygens (including phenoxy) is 1. The predicted molar refractivity (Wildman–Crippen MR) is 118 cm³/mol. The highest BCUT2D eigenvalue weighted by Gasteiger charge is 2.34. The van der Waals surface area contributed by atoms with Gasteiger partial charge in [-0.25, -0.2) is 4.79 Å². The van der Waals surface area contributed by atoms with E-state index in [1.54, 1.807) is 45.6 Å². The molecule has 1 heterocycles. The Morgan fingerprint density at radius 1 is 1.13 bits per heavy atom. The van der Waals surface area contributed by atoms with Gasteiger partial charge in [0.1, 0.15) is 6.04 Å². The summed E-state index contributed by atoms with van der Waals surface area (Å²) in [5.74, 6) is -0.633. The lowest BCUT2D eigenvalue weighted by atomic mass is 9.88. The van der Waals surface area contributed by atoms with Gasteiger partial charge in [0.15, 0.2) is 0 Å². The number of hydrogen-bond donors (Lipinski definition) is 1. The molecular weight excluding hydrogens is 423 g/mol. The second-order valence-electron chi connectivity index (χ2n) is 8.11. The molecule has 1 aliphatic rings. The molecule has 0 aliphatic carbocycles. The van der Waals surface area contributed by atoms with Crippen molar-refractivity contribution in [3.8, 4) is 0 Å². The summed E-state index contributed by atoms with van der Waals surface area (Å²) in [6.45, 7) is 11.6. The average Bonchev–Trinajstić information content (AvgIpc) is 2.65. The zero-order valence-corrected chi connectivity index (χ0v) is 20.4. The van der Waals surface area contributed by atoms with Gasteiger partial charge in [-0.15, -0.1) is 0 Å². The van der Waals surface area contributed by atoms with Crippen molar-refractivity contribution in [2.24, 2.45) is 5.92 Å². The Morgan fingerprint density at radius 3 is 2.10 bits per heavy atom. The number of nitrogens with one attached hydrogen (secondary N) is 1. The average molecular weight is 461 g/mol. The summed E-state index contributed by atoms with van der Waals surface area (Å²) >= 11 is 0. The van der Waals surface area contributed by atoms with Crippen molar-refractivity contribution in [3.05, 3.63) is 11.6 Å². The van der Waals surface area contributed by atoms with Crippen LogP contribution in [-0.4, -0.2) is 67.3 Å². The fourth-order valence-electron chi connectivity index (χ4n) is 3.55. The highest BCUT2D eigenvalue weighted by atomic mass is 31.2. The van der Waals surface area contributed by atoms with E-state index in [1.165, 1.54) is 6.92 Å². The van der Waals surface area contributed by atoms with Crippen LogP contribution in [0.1, 0.15) is 54.4 Å². The molecule has 1 atom stereocenters. The van der Waals surface area contributed by atoms with E-state index in [0.29, 0.717) is 37.9 Å². The molecule has 0 saturated carbocycles. The molecular formula is C21H37N2O7P. The molecule has 1 unspecified atom stereocenters. The third-order valence-corrected chi connectivity index (χ3v) is 6.99. The number of esters is 1. The van der Waals surface area contributed by atoms with Crippen LogP contribution in [0.25, 0.3) is 0 Å². The van der Waals surface area contributed by atoms with Crippen molar-refractivity contribution < 1.29 is 32.7 Å². The standard InChI is InChI=1S/C21H37N2O7P/c1-7-28-21(26)20(22-14-24)12-19(18-8-10-23(11-9-18)17(6)25)13-31(27,29-15(2)3)30-16(4)5/h12,14-16,18,20H,7-11,13H2,1-6H3,(H,22,24). The number of hydrogen-bond acceptors (Lipinski definition) is 7. The number of nitrogens with zero attached hydrogens (tertiary/aromatic N) is 1. The van der Waals surface area contributed by atoms with Gasteiger partial charge in [0.25, 0.3) is 0 Å². The van der Waals surface area contributed by atoms with Crippen LogP contribution in [0.4, 0.5) is 0 Å². The highest BCUT2D eigenvalue weighted by Crippen LogP contribution is 2.53. The van der Waals surface area contributed by atoms with Gasteiger partial charge in [0, 0.05) is 20.0 Å². The minimum absolute atomic E-state index is 0.00737. The molecule has 0 radical (unpaired) electrons. The summed E-state index contributed by atoms with van der Waals surface area (Å²) in [4.78, 5) is 36.9. The third-order valence-electron chi connectivity index (χ3n) is 4.75. The summed E-state index contributed by atoms with van der Waals surface area (Å²) in [7, 11) is -3.53. The quantitative estimate of drug-likeness (QED) is 0.206. The molecule has 9 nitrogen and oxygen atoms in total. The maximum Gasteiger partial charge on any atom is 0.335 e. The van der Waals surface area contributed by atoms with E-state index in [9.17, 15) is 18.9 Å². The maximum atomic E-state index is 13.5. The van der Waals surface area contributed by atoms with E-state index >= 15 is 0 Å². The van der Waals surface area contributed by atoms with Crippen molar-refractivity contribution in [1.82, 2.24) is 10.2 Å². The fourth-order valence-corrected chi connectivity index (χ4v) is 5.85. The van der Waals surface area contributed by atoms with Gasteiger partial charge in [0.05, 0.1) is 25.0 Å². The van der Waals surface area contributed by atoms with Gasteiger partial charge in [-0.2, -0.15) is 0 Å². The van der Waals surface area contributed by atoms with Gasteiger partial charge in [-0.3, -0.25) is 14.2 Å². The van der Waals surface area contributed by atoms with Gasteiger partial charge < -0.3 is 24.0 Å². The molecule has 10 heteroatoms. The smallest absolute Gasteiger partial charge is 0.335 e. The van der Waals surface area contributed by atoms with E-state index in [0.717, 1.165) is 0 Å². The van der Waals surface area contributed by atoms with E-state index < -0.39 is 19.6 Å². The number of amides is 2. The first-order chi connectivity index (χ1) is 14.5. The topological polar surface area (TPSA) is 111 Å². The van der Waals surface area contributed by atoms with Gasteiger partial charge in [-0.05, 0) is 53.4 Å². The molecule has 0 aromatic heterocycles. The highest BCUT2D eigenvalue weighted by molar-refractivity contribution is 7.54. The van der Waals surface area contributed by atoms with Crippen molar-refractivity contribution >= 4 is 25.9 Å². The van der Waals surface area contributed by atoms with Crippen molar-refractivity contribution in [2.75, 3.05) is 25.9 Å². The molecule has 0 bridgehead atoms. The molecule has 0 aromatic carbocycles. The summed E-state index contributed by atoms with van der Waals surface area (Å²) in [6.07, 6.45) is 2.67. The lowest BCUT2D eigenvalue weighted by molar-refractivity contribution is -0.145. The van der Waals surface area contributed by atoms with Crippen LogP contribution in [-0.2, 0) is 32.7 Å². The summed E-state index contributed by atoms with van der Waals surface area (Å²) in [5, 5.41) is 2.46. The van der Waals surface area contributed by atoms with Crippen LogP contribution in [0.2, 0.25) is 0 Å². The number of carbonyl (C=O) groups excluding carboxylic acids is 3. The molecule has 1 N–H and O–H groups in total. The Kier molecular flexibility index (Phi) is 11.5. The molecule has 178 valence electrons. The van der Waals surface area contributed by atoms with Crippen LogP contribution >= 0.6 is 7.60 Å². The lowest BCUT2D eigenvalue weighted by Crippen LogP contribution is -2.39. The van der Waals surface area contributed by atoms with Crippen LogP contribution in [0.3, 0.4) is 0 Å². The largest absolute Gasteiger partial charge is 0.464 e. The Balaban J connectivity index is 3.27. The van der Waals surface area contributed by atoms with Crippen LogP contribution < -0.4 is 5.32 Å². The molecule has 0 aromatic rings. The Hall–Kier alpha value is -1.70. The molecule has 1 aliphatic heterocycles. The Bertz CT molecular complexity index is 671. The van der Waals surface area contributed by atoms with Crippen LogP contribution in [0, 0.1) is 5.92 Å². The third kappa shape index (κ3) is 9.54. The normalized spacial score (nSPS) is 17.0. The molecule has 1 fully saturated rings. The molecule has 0 spiro atoms. The fraction of sp³-hybridized carbons (Fsp3) is 0.762. The lowest BCUT2D eigenvalue weighted by Gasteiger charge is -2.34. The SMILES string of the molecule is CCOC(=O)C(C=C(CP(=O)(OC(C)C)OC(C)C)C1CCN(C(C)=O)CC1)NC=O. The molecule has 31 heavy (non-hydrogen) atoms. The number of rotatable bonds is 12. The minimum atomic E-state index is -3.53. The monoisotopic (exact) mass is 460 g/mol. The maximum absolute atomic E-state index is 13.5. The predicted octanol–water partition coefficient (Wildman–Crippen LogP) is 2.89. The number of carbonyl (C=O) groups is 3. The zero-order chi connectivity index (χ0) is 23.6. The van der Waals surface area contributed by atoms with Crippen LogP contribution in [0.15, 0.2) is 11.6 Å². The van der Waals surface area contributed by atoms with Crippen LogP contribution in [0.5, 0.6) is 0 Å². The summed E-state index contributed by atoms with van der Waals surface area (Å²) < 4.78 is 30.0. The van der Waals surface area contributed by atoms with Gasteiger partial charge in [0.2, 0.25) is 12.3 Å². The first-order valence-electron chi connectivity index (χ1n) is 10.8. The van der Waals surface area contributed by atoms with Crippen molar-refractivity contribution in [1.29, 1.82) is 0 Å². The summed E-state index contributed by atoms with van der Waals surface area (Å²) in [5.41, 5.74) is 0.695. The van der Waals surface area contributed by atoms with E-state index in [4.69, 9.17) is 13.8 Å². The van der Waals surface area contributed by atoms with Crippen molar-refractivity contribution in [3.63, 3.8) is 0 Å². The molecule has 1 saturated heterocycles. The number of allylic oxidation sites excluding steroid dienone is 1. The minimum Gasteiger partial charge on any atom is -0.464 e. The number of piperidine rings is 1. The first kappa shape index (κ1) is 27.3.